The van der Waals surface area contributed by atoms with Crippen molar-refractivity contribution in [2.45, 2.75) is 32.4 Å². The Balaban J connectivity index is 1.64. The van der Waals surface area contributed by atoms with Gasteiger partial charge in [-0.2, -0.15) is 0 Å². The molecular formula is C19H20Cl2N2O. The van der Waals surface area contributed by atoms with Gasteiger partial charge in [0.25, 0.3) is 0 Å². The molecule has 0 radical (unpaired) electrons. The highest BCUT2D eigenvalue weighted by Gasteiger charge is 2.21. The molecule has 0 aliphatic carbocycles. The summed E-state index contributed by atoms with van der Waals surface area (Å²) in [5.41, 5.74) is 3.13. The van der Waals surface area contributed by atoms with Gasteiger partial charge in [0.1, 0.15) is 0 Å². The predicted octanol–water partition coefficient (Wildman–Crippen LogP) is 4.97. The highest BCUT2D eigenvalue weighted by Crippen LogP contribution is 2.27. The molecule has 1 atom stereocenters. The van der Waals surface area contributed by atoms with Gasteiger partial charge < -0.3 is 10.2 Å². The van der Waals surface area contributed by atoms with E-state index in [-0.39, 0.29) is 11.9 Å². The van der Waals surface area contributed by atoms with Crippen LogP contribution in [0.3, 0.4) is 0 Å². The predicted molar refractivity (Wildman–Crippen MR) is 99.7 cm³/mol. The number of nitrogens with zero attached hydrogens (tertiary/aromatic N) is 1. The van der Waals surface area contributed by atoms with Crippen LogP contribution in [0.25, 0.3) is 0 Å². The molecule has 1 fully saturated rings. The number of benzene rings is 2. The number of hydrogen-bond donors (Lipinski definition) is 1. The summed E-state index contributed by atoms with van der Waals surface area (Å²) >= 11 is 12.3. The lowest BCUT2D eigenvalue weighted by molar-refractivity contribution is -0.117. The molecular weight excluding hydrogens is 343 g/mol. The third kappa shape index (κ3) is 3.75. The number of hydrogen-bond acceptors (Lipinski definition) is 2. The third-order valence-corrected chi connectivity index (χ3v) is 5.27. The second-order valence-electron chi connectivity index (χ2n) is 6.06. The van der Waals surface area contributed by atoms with Crippen LogP contribution in [0.1, 0.15) is 36.9 Å². The van der Waals surface area contributed by atoms with E-state index in [0.717, 1.165) is 24.2 Å². The second kappa shape index (κ2) is 7.56. The van der Waals surface area contributed by atoms with Crippen molar-refractivity contribution >= 4 is 34.8 Å². The van der Waals surface area contributed by atoms with Crippen molar-refractivity contribution in [2.24, 2.45) is 0 Å². The van der Waals surface area contributed by atoms with E-state index in [1.54, 1.807) is 6.07 Å². The van der Waals surface area contributed by atoms with Gasteiger partial charge in [-0.05, 0) is 42.7 Å². The third-order valence-electron chi connectivity index (χ3n) is 4.41. The Morgan fingerprint density at radius 3 is 2.58 bits per heavy atom. The lowest BCUT2D eigenvalue weighted by atomic mass is 10.1. The first-order chi connectivity index (χ1) is 11.6. The minimum atomic E-state index is 0.170. The van der Waals surface area contributed by atoms with Crippen molar-refractivity contribution in [1.82, 2.24) is 5.32 Å². The van der Waals surface area contributed by atoms with Crippen LogP contribution < -0.4 is 10.2 Å². The summed E-state index contributed by atoms with van der Waals surface area (Å²) in [5.74, 6) is 0.213. The van der Waals surface area contributed by atoms with Gasteiger partial charge in [-0.15, -0.1) is 0 Å². The molecule has 2 aromatic carbocycles. The van der Waals surface area contributed by atoms with Crippen LogP contribution in [0.15, 0.2) is 42.5 Å². The Hall–Kier alpha value is -1.55. The maximum Gasteiger partial charge on any atom is 0.227 e. The molecule has 1 unspecified atom stereocenters. The fourth-order valence-electron chi connectivity index (χ4n) is 2.93. The highest BCUT2D eigenvalue weighted by molar-refractivity contribution is 6.42. The van der Waals surface area contributed by atoms with Crippen LogP contribution in [0, 0.1) is 0 Å². The first kappa shape index (κ1) is 17.3. The number of carbonyl (C=O) groups excluding carboxylic acids is 1. The van der Waals surface area contributed by atoms with E-state index in [9.17, 15) is 4.79 Å². The molecule has 0 bridgehead atoms. The number of nitrogens with one attached hydrogen (secondary N) is 1. The smallest absolute Gasteiger partial charge is 0.227 e. The van der Waals surface area contributed by atoms with Gasteiger partial charge in [-0.3, -0.25) is 4.79 Å². The second-order valence-corrected chi connectivity index (χ2v) is 6.84. The average Bonchev–Trinajstić information content (AvgIpc) is 3.02. The molecule has 1 heterocycles. The van der Waals surface area contributed by atoms with E-state index in [0.29, 0.717) is 23.0 Å². The Bertz CT molecular complexity index is 731. The molecule has 1 aliphatic heterocycles. The van der Waals surface area contributed by atoms with Crippen molar-refractivity contribution in [3.8, 4) is 0 Å². The zero-order chi connectivity index (χ0) is 17.1. The molecule has 1 saturated heterocycles. The van der Waals surface area contributed by atoms with Gasteiger partial charge in [0.15, 0.2) is 0 Å². The van der Waals surface area contributed by atoms with Gasteiger partial charge >= 0.3 is 0 Å². The normalized spacial score (nSPS) is 15.8. The molecule has 5 heteroatoms. The van der Waals surface area contributed by atoms with Gasteiger partial charge in [0, 0.05) is 31.2 Å². The summed E-state index contributed by atoms with van der Waals surface area (Å²) in [5, 5.41) is 4.63. The maximum atomic E-state index is 11.8. The highest BCUT2D eigenvalue weighted by atomic mass is 35.5. The molecule has 0 aromatic heterocycles. The van der Waals surface area contributed by atoms with Crippen molar-refractivity contribution in [2.75, 3.05) is 11.4 Å². The van der Waals surface area contributed by atoms with E-state index < -0.39 is 0 Å². The van der Waals surface area contributed by atoms with E-state index >= 15 is 0 Å². The SMILES string of the molecule is CC(NCc1cccc(Cl)c1Cl)c1ccc(N2CCCC2=O)cc1. The zero-order valence-corrected chi connectivity index (χ0v) is 15.1. The van der Waals surface area contributed by atoms with Crippen molar-refractivity contribution in [3.05, 3.63) is 63.6 Å². The van der Waals surface area contributed by atoms with Crippen LogP contribution in [-0.2, 0) is 11.3 Å². The van der Waals surface area contributed by atoms with Gasteiger partial charge in [0.2, 0.25) is 5.91 Å². The summed E-state index contributed by atoms with van der Waals surface area (Å²) in [6, 6.07) is 14.0. The molecule has 3 nitrogen and oxygen atoms in total. The van der Waals surface area contributed by atoms with Crippen LogP contribution in [-0.4, -0.2) is 12.5 Å². The van der Waals surface area contributed by atoms with Crippen LogP contribution in [0.5, 0.6) is 0 Å². The molecule has 0 saturated carbocycles. The number of rotatable bonds is 5. The molecule has 0 spiro atoms. The molecule has 3 rings (SSSR count). The molecule has 126 valence electrons. The van der Waals surface area contributed by atoms with Crippen LogP contribution >= 0.6 is 23.2 Å². The van der Waals surface area contributed by atoms with Gasteiger partial charge in [-0.25, -0.2) is 0 Å². The number of amides is 1. The minimum absolute atomic E-state index is 0.170. The number of anilines is 1. The summed E-state index contributed by atoms with van der Waals surface area (Å²) in [6.07, 6.45) is 1.60. The van der Waals surface area contributed by atoms with Crippen molar-refractivity contribution in [3.63, 3.8) is 0 Å². The Morgan fingerprint density at radius 1 is 1.17 bits per heavy atom. The van der Waals surface area contributed by atoms with Crippen LogP contribution in [0.2, 0.25) is 10.0 Å². The number of carbonyl (C=O) groups is 1. The molecule has 1 amide bonds. The van der Waals surface area contributed by atoms with E-state index in [1.807, 2.05) is 29.2 Å². The van der Waals surface area contributed by atoms with Gasteiger partial charge in [0.05, 0.1) is 10.0 Å². The molecule has 24 heavy (non-hydrogen) atoms. The standard InChI is InChI=1S/C19H20Cl2N2O/c1-13(22-12-15-4-2-5-17(20)19(15)21)14-7-9-16(10-8-14)23-11-3-6-18(23)24/h2,4-5,7-10,13,22H,3,6,11-12H2,1H3. The number of halogens is 2. The minimum Gasteiger partial charge on any atom is -0.312 e. The summed E-state index contributed by atoms with van der Waals surface area (Å²) in [4.78, 5) is 13.7. The van der Waals surface area contributed by atoms with Crippen molar-refractivity contribution < 1.29 is 4.79 Å². The van der Waals surface area contributed by atoms with E-state index in [4.69, 9.17) is 23.2 Å². The van der Waals surface area contributed by atoms with Crippen molar-refractivity contribution in [1.29, 1.82) is 0 Å². The Morgan fingerprint density at radius 2 is 1.92 bits per heavy atom. The molecule has 1 aliphatic rings. The monoisotopic (exact) mass is 362 g/mol. The fourth-order valence-corrected chi connectivity index (χ4v) is 3.32. The topological polar surface area (TPSA) is 32.3 Å². The van der Waals surface area contributed by atoms with E-state index in [1.165, 1.54) is 5.56 Å². The Labute approximate surface area is 152 Å². The maximum absolute atomic E-state index is 11.8. The zero-order valence-electron chi connectivity index (χ0n) is 13.6. The summed E-state index contributed by atoms with van der Waals surface area (Å²) in [6.45, 7) is 3.57. The first-order valence-corrected chi connectivity index (χ1v) is 8.88. The summed E-state index contributed by atoms with van der Waals surface area (Å²) in [7, 11) is 0. The summed E-state index contributed by atoms with van der Waals surface area (Å²) < 4.78 is 0. The lowest BCUT2D eigenvalue weighted by Crippen LogP contribution is -2.23. The first-order valence-electron chi connectivity index (χ1n) is 8.13. The van der Waals surface area contributed by atoms with E-state index in [2.05, 4.69) is 24.4 Å². The Kier molecular flexibility index (Phi) is 5.44. The largest absolute Gasteiger partial charge is 0.312 e. The molecule has 1 N–H and O–H groups in total. The van der Waals surface area contributed by atoms with Gasteiger partial charge in [-0.1, -0.05) is 47.5 Å². The molecule has 2 aromatic rings. The lowest BCUT2D eigenvalue weighted by Gasteiger charge is -2.19. The average molecular weight is 363 g/mol. The fraction of sp³-hybridized carbons (Fsp3) is 0.316. The van der Waals surface area contributed by atoms with Crippen LogP contribution in [0.4, 0.5) is 5.69 Å². The quantitative estimate of drug-likeness (QED) is 0.813.